The molecule has 0 aliphatic rings. The number of nitrogens with zero attached hydrogens (tertiary/aromatic N) is 1. The molecule has 12 heavy (non-hydrogen) atoms. The van der Waals surface area contributed by atoms with E-state index in [-0.39, 0.29) is 5.54 Å². The van der Waals surface area contributed by atoms with Crippen molar-refractivity contribution in [2.75, 3.05) is 0 Å². The highest BCUT2D eigenvalue weighted by Crippen LogP contribution is 2.18. The second kappa shape index (κ2) is 3.26. The van der Waals surface area contributed by atoms with E-state index in [1.165, 1.54) is 4.88 Å². The van der Waals surface area contributed by atoms with E-state index in [1.54, 1.807) is 11.3 Å². The Morgan fingerprint density at radius 2 is 2.33 bits per heavy atom. The molecule has 0 aliphatic carbocycles. The summed E-state index contributed by atoms with van der Waals surface area (Å²) in [6.45, 7) is 3.97. The minimum atomic E-state index is -0.183. The Morgan fingerprint density at radius 1 is 1.67 bits per heavy atom. The number of hydrogen-bond donors (Lipinski definition) is 1. The van der Waals surface area contributed by atoms with Gasteiger partial charge in [0.15, 0.2) is 0 Å². The molecule has 0 unspecified atom stereocenters. The van der Waals surface area contributed by atoms with Gasteiger partial charge in [0.25, 0.3) is 0 Å². The zero-order valence-corrected chi connectivity index (χ0v) is 8.11. The lowest BCUT2D eigenvalue weighted by atomic mass is 10.0. The minimum Gasteiger partial charge on any atom is -0.325 e. The van der Waals surface area contributed by atoms with Crippen LogP contribution in [0.25, 0.3) is 0 Å². The second-order valence-corrected chi connectivity index (χ2v) is 4.57. The standard InChI is InChI=1S/C9H12N2S/c1-9(2,11)4-8-3-7(5-10)6-12-8/h3,6H,4,11H2,1-2H3. The van der Waals surface area contributed by atoms with Crippen LogP contribution in [0.5, 0.6) is 0 Å². The van der Waals surface area contributed by atoms with E-state index in [0.717, 1.165) is 12.0 Å². The Morgan fingerprint density at radius 3 is 2.75 bits per heavy atom. The topological polar surface area (TPSA) is 49.8 Å². The smallest absolute Gasteiger partial charge is 0.100 e. The maximum atomic E-state index is 8.57. The lowest BCUT2D eigenvalue weighted by Crippen LogP contribution is -2.33. The summed E-state index contributed by atoms with van der Waals surface area (Å²) in [5.74, 6) is 0. The molecule has 0 amide bonds. The molecule has 0 aliphatic heterocycles. The molecular formula is C9H12N2S. The van der Waals surface area contributed by atoms with Crippen LogP contribution in [0, 0.1) is 11.3 Å². The fourth-order valence-electron chi connectivity index (χ4n) is 0.981. The molecule has 2 nitrogen and oxygen atoms in total. The fourth-order valence-corrected chi connectivity index (χ4v) is 2.03. The van der Waals surface area contributed by atoms with Crippen LogP contribution in [-0.4, -0.2) is 5.54 Å². The molecule has 64 valence electrons. The van der Waals surface area contributed by atoms with Gasteiger partial charge < -0.3 is 5.73 Å². The summed E-state index contributed by atoms with van der Waals surface area (Å²) < 4.78 is 0. The van der Waals surface area contributed by atoms with Gasteiger partial charge in [0.1, 0.15) is 6.07 Å². The van der Waals surface area contributed by atoms with Crippen molar-refractivity contribution in [1.82, 2.24) is 0 Å². The predicted molar refractivity (Wildman–Crippen MR) is 51.0 cm³/mol. The van der Waals surface area contributed by atoms with E-state index in [1.807, 2.05) is 25.3 Å². The summed E-state index contributed by atoms with van der Waals surface area (Å²) in [6, 6.07) is 4.00. The van der Waals surface area contributed by atoms with Crippen LogP contribution in [-0.2, 0) is 6.42 Å². The van der Waals surface area contributed by atoms with Crippen LogP contribution in [0.3, 0.4) is 0 Å². The van der Waals surface area contributed by atoms with Crippen LogP contribution < -0.4 is 5.73 Å². The van der Waals surface area contributed by atoms with Crippen molar-refractivity contribution in [3.8, 4) is 6.07 Å². The molecular weight excluding hydrogens is 168 g/mol. The number of rotatable bonds is 2. The molecule has 0 radical (unpaired) electrons. The molecule has 0 saturated heterocycles. The summed E-state index contributed by atoms with van der Waals surface area (Å²) in [6.07, 6.45) is 0.833. The Labute approximate surface area is 76.6 Å². The van der Waals surface area contributed by atoms with Crippen molar-refractivity contribution < 1.29 is 0 Å². The quantitative estimate of drug-likeness (QED) is 0.755. The molecule has 0 saturated carbocycles. The average Bonchev–Trinajstić information content (AvgIpc) is 2.32. The van der Waals surface area contributed by atoms with Crippen LogP contribution in [0.1, 0.15) is 24.3 Å². The Hall–Kier alpha value is -0.850. The molecule has 1 heterocycles. The van der Waals surface area contributed by atoms with Gasteiger partial charge in [-0.2, -0.15) is 5.26 Å². The van der Waals surface area contributed by atoms with Gasteiger partial charge in [-0.3, -0.25) is 0 Å². The highest BCUT2D eigenvalue weighted by atomic mass is 32.1. The van der Waals surface area contributed by atoms with Crippen molar-refractivity contribution in [1.29, 1.82) is 5.26 Å². The third kappa shape index (κ3) is 2.65. The maximum Gasteiger partial charge on any atom is 0.100 e. The van der Waals surface area contributed by atoms with Crippen LogP contribution in [0.15, 0.2) is 11.4 Å². The zero-order chi connectivity index (χ0) is 9.19. The average molecular weight is 180 g/mol. The van der Waals surface area contributed by atoms with Gasteiger partial charge in [0.05, 0.1) is 5.56 Å². The molecule has 1 rings (SSSR count). The first kappa shape index (κ1) is 9.24. The summed E-state index contributed by atoms with van der Waals surface area (Å²) in [5, 5.41) is 10.4. The largest absolute Gasteiger partial charge is 0.325 e. The lowest BCUT2D eigenvalue weighted by molar-refractivity contribution is 0.521. The van der Waals surface area contributed by atoms with E-state index in [4.69, 9.17) is 11.0 Å². The van der Waals surface area contributed by atoms with Crippen molar-refractivity contribution in [2.24, 2.45) is 5.73 Å². The molecule has 0 bridgehead atoms. The molecule has 0 spiro atoms. The molecule has 2 N–H and O–H groups in total. The van der Waals surface area contributed by atoms with Crippen LogP contribution >= 0.6 is 11.3 Å². The van der Waals surface area contributed by atoms with Gasteiger partial charge in [-0.05, 0) is 26.3 Å². The Kier molecular flexibility index (Phi) is 2.51. The maximum absolute atomic E-state index is 8.57. The summed E-state index contributed by atoms with van der Waals surface area (Å²) in [5.41, 5.74) is 6.39. The van der Waals surface area contributed by atoms with Gasteiger partial charge in [0.2, 0.25) is 0 Å². The zero-order valence-electron chi connectivity index (χ0n) is 7.29. The molecule has 0 atom stereocenters. The summed E-state index contributed by atoms with van der Waals surface area (Å²) in [7, 11) is 0. The van der Waals surface area contributed by atoms with Crippen LogP contribution in [0.4, 0.5) is 0 Å². The molecule has 1 aromatic rings. The van der Waals surface area contributed by atoms with E-state index in [0.29, 0.717) is 0 Å². The van der Waals surface area contributed by atoms with Crippen LogP contribution in [0.2, 0.25) is 0 Å². The predicted octanol–water partition coefficient (Wildman–Crippen LogP) is 1.90. The summed E-state index contributed by atoms with van der Waals surface area (Å²) in [4.78, 5) is 1.18. The van der Waals surface area contributed by atoms with E-state index >= 15 is 0 Å². The molecule has 0 aromatic carbocycles. The van der Waals surface area contributed by atoms with Gasteiger partial charge in [-0.25, -0.2) is 0 Å². The Bertz CT molecular complexity index is 301. The fraction of sp³-hybridized carbons (Fsp3) is 0.444. The second-order valence-electron chi connectivity index (χ2n) is 3.58. The normalized spacial score (nSPS) is 11.2. The van der Waals surface area contributed by atoms with Crippen molar-refractivity contribution >= 4 is 11.3 Å². The highest BCUT2D eigenvalue weighted by molar-refractivity contribution is 7.10. The third-order valence-corrected chi connectivity index (χ3v) is 2.35. The van der Waals surface area contributed by atoms with Gasteiger partial charge in [-0.1, -0.05) is 0 Å². The van der Waals surface area contributed by atoms with Crippen molar-refractivity contribution in [3.05, 3.63) is 21.9 Å². The number of thiophene rings is 1. The number of nitrogens with two attached hydrogens (primary N) is 1. The molecule has 1 aromatic heterocycles. The number of hydrogen-bond acceptors (Lipinski definition) is 3. The number of nitriles is 1. The molecule has 0 fully saturated rings. The van der Waals surface area contributed by atoms with E-state index in [2.05, 4.69) is 6.07 Å². The van der Waals surface area contributed by atoms with Gasteiger partial charge >= 0.3 is 0 Å². The lowest BCUT2D eigenvalue weighted by Gasteiger charge is -2.16. The highest BCUT2D eigenvalue weighted by Gasteiger charge is 2.12. The van der Waals surface area contributed by atoms with E-state index in [9.17, 15) is 0 Å². The first-order chi connectivity index (χ1) is 5.51. The Balaban J connectivity index is 2.72. The van der Waals surface area contributed by atoms with Gasteiger partial charge in [0, 0.05) is 15.8 Å². The minimum absolute atomic E-state index is 0.183. The monoisotopic (exact) mass is 180 g/mol. The summed E-state index contributed by atoms with van der Waals surface area (Å²) >= 11 is 1.60. The first-order valence-electron chi connectivity index (χ1n) is 3.78. The van der Waals surface area contributed by atoms with E-state index < -0.39 is 0 Å². The van der Waals surface area contributed by atoms with Crippen molar-refractivity contribution in [3.63, 3.8) is 0 Å². The van der Waals surface area contributed by atoms with Crippen molar-refractivity contribution in [2.45, 2.75) is 25.8 Å². The molecule has 3 heteroatoms. The third-order valence-electron chi connectivity index (χ3n) is 1.41. The first-order valence-corrected chi connectivity index (χ1v) is 4.65. The SMILES string of the molecule is CC(C)(N)Cc1cc(C#N)cs1. The van der Waals surface area contributed by atoms with Gasteiger partial charge in [-0.15, -0.1) is 11.3 Å².